The molecular weight excluding hydrogens is 320 g/mol. The molecule has 1 aliphatic rings. The molecule has 2 aromatic rings. The molecule has 0 aliphatic carbocycles. The van der Waals surface area contributed by atoms with Gasteiger partial charge in [0.2, 0.25) is 0 Å². The van der Waals surface area contributed by atoms with Crippen LogP contribution < -0.4 is 10.5 Å². The first-order valence-corrected chi connectivity index (χ1v) is 8.34. The highest BCUT2D eigenvalue weighted by Crippen LogP contribution is 2.14. The summed E-state index contributed by atoms with van der Waals surface area (Å²) in [4.78, 5) is 32.9. The second-order valence-corrected chi connectivity index (χ2v) is 5.91. The Morgan fingerprint density at radius 3 is 2.64 bits per heavy atom. The number of anilines is 1. The molecule has 0 aromatic carbocycles. The number of piperazine rings is 1. The van der Waals surface area contributed by atoms with E-state index in [1.54, 1.807) is 25.6 Å². The number of hydrogen-bond acceptors (Lipinski definition) is 5. The Morgan fingerprint density at radius 1 is 1.16 bits per heavy atom. The normalized spacial score (nSPS) is 14.6. The number of carbonyl (C=O) groups is 1. The van der Waals surface area contributed by atoms with E-state index in [2.05, 4.69) is 9.88 Å². The van der Waals surface area contributed by atoms with Crippen molar-refractivity contribution in [2.75, 3.05) is 44.8 Å². The zero-order chi connectivity index (χ0) is 17.6. The number of aromatic nitrogens is 2. The van der Waals surface area contributed by atoms with Gasteiger partial charge in [-0.15, -0.1) is 0 Å². The van der Waals surface area contributed by atoms with Crippen LogP contribution in [0.25, 0.3) is 0 Å². The number of pyridine rings is 2. The number of carbonyl (C=O) groups excluding carboxylic acids is 1. The van der Waals surface area contributed by atoms with Gasteiger partial charge in [-0.05, 0) is 18.2 Å². The number of methoxy groups -OCH3 is 1. The molecule has 1 saturated heterocycles. The third kappa shape index (κ3) is 4.06. The van der Waals surface area contributed by atoms with Crippen molar-refractivity contribution in [1.82, 2.24) is 14.5 Å². The van der Waals surface area contributed by atoms with E-state index in [1.165, 1.54) is 10.6 Å². The molecule has 1 aliphatic heterocycles. The van der Waals surface area contributed by atoms with Crippen LogP contribution >= 0.6 is 0 Å². The van der Waals surface area contributed by atoms with Crippen molar-refractivity contribution in [2.24, 2.45) is 0 Å². The fraction of sp³-hybridized carbons (Fsp3) is 0.389. The predicted molar refractivity (Wildman–Crippen MR) is 94.9 cm³/mol. The van der Waals surface area contributed by atoms with Crippen molar-refractivity contribution in [3.8, 4) is 0 Å². The predicted octanol–water partition coefficient (Wildman–Crippen LogP) is 0.852. The highest BCUT2D eigenvalue weighted by molar-refractivity contribution is 5.94. The van der Waals surface area contributed by atoms with Gasteiger partial charge in [-0.1, -0.05) is 6.07 Å². The molecule has 1 amide bonds. The molecule has 0 spiro atoms. The summed E-state index contributed by atoms with van der Waals surface area (Å²) < 4.78 is 6.52. The Morgan fingerprint density at radius 2 is 1.96 bits per heavy atom. The largest absolute Gasteiger partial charge is 0.383 e. The molecule has 0 bridgehead atoms. The average molecular weight is 342 g/mol. The molecule has 0 unspecified atom stereocenters. The average Bonchev–Trinajstić information content (AvgIpc) is 2.67. The van der Waals surface area contributed by atoms with E-state index in [0.29, 0.717) is 31.8 Å². The summed E-state index contributed by atoms with van der Waals surface area (Å²) in [6, 6.07) is 8.86. The van der Waals surface area contributed by atoms with Gasteiger partial charge in [0.1, 0.15) is 5.82 Å². The van der Waals surface area contributed by atoms with Crippen molar-refractivity contribution in [1.29, 1.82) is 0 Å². The summed E-state index contributed by atoms with van der Waals surface area (Å²) in [5.41, 5.74) is 0.399. The highest BCUT2D eigenvalue weighted by Gasteiger charge is 2.23. The lowest BCUT2D eigenvalue weighted by atomic mass is 10.2. The van der Waals surface area contributed by atoms with Gasteiger partial charge >= 0.3 is 0 Å². The van der Waals surface area contributed by atoms with Gasteiger partial charge in [-0.3, -0.25) is 9.59 Å². The van der Waals surface area contributed by atoms with E-state index >= 15 is 0 Å². The molecule has 1 fully saturated rings. The maximum Gasteiger partial charge on any atom is 0.255 e. The van der Waals surface area contributed by atoms with Crippen LogP contribution in [0.2, 0.25) is 0 Å². The Balaban J connectivity index is 1.65. The van der Waals surface area contributed by atoms with Gasteiger partial charge in [-0.25, -0.2) is 4.98 Å². The Hall–Kier alpha value is -2.67. The van der Waals surface area contributed by atoms with Crippen molar-refractivity contribution >= 4 is 11.7 Å². The first kappa shape index (κ1) is 17.2. The van der Waals surface area contributed by atoms with Gasteiger partial charge in [0.05, 0.1) is 12.2 Å². The quantitative estimate of drug-likeness (QED) is 0.806. The van der Waals surface area contributed by atoms with Crippen LogP contribution in [0, 0.1) is 0 Å². The molecule has 0 radical (unpaired) electrons. The van der Waals surface area contributed by atoms with Crippen LogP contribution in [0.15, 0.2) is 47.5 Å². The van der Waals surface area contributed by atoms with E-state index in [4.69, 9.17) is 4.74 Å². The standard InChI is InChI=1S/C18H22N4O3/c1-25-13-12-22-14-15(5-6-17(22)23)18(24)21-10-8-20(9-11-21)16-4-2-3-7-19-16/h2-7,14H,8-13H2,1H3. The van der Waals surface area contributed by atoms with Crippen LogP contribution in [-0.4, -0.2) is 60.3 Å². The van der Waals surface area contributed by atoms with E-state index in [9.17, 15) is 9.59 Å². The minimum atomic E-state index is -0.131. The number of hydrogen-bond donors (Lipinski definition) is 0. The van der Waals surface area contributed by atoms with Crippen molar-refractivity contribution in [3.63, 3.8) is 0 Å². The van der Waals surface area contributed by atoms with Gasteiger partial charge in [0, 0.05) is 58.3 Å². The second-order valence-electron chi connectivity index (χ2n) is 5.91. The molecule has 3 heterocycles. The van der Waals surface area contributed by atoms with E-state index in [-0.39, 0.29) is 11.5 Å². The molecule has 0 N–H and O–H groups in total. The highest BCUT2D eigenvalue weighted by atomic mass is 16.5. The number of rotatable bonds is 5. The lowest BCUT2D eigenvalue weighted by Gasteiger charge is -2.35. The zero-order valence-electron chi connectivity index (χ0n) is 14.3. The maximum absolute atomic E-state index is 12.7. The molecular formula is C18H22N4O3. The number of amides is 1. The molecule has 2 aromatic heterocycles. The number of nitrogens with zero attached hydrogens (tertiary/aromatic N) is 4. The first-order valence-electron chi connectivity index (χ1n) is 8.34. The van der Waals surface area contributed by atoms with Crippen LogP contribution in [-0.2, 0) is 11.3 Å². The third-order valence-corrected chi connectivity index (χ3v) is 4.31. The SMILES string of the molecule is COCCn1cc(C(=O)N2CCN(c3ccccn3)CC2)ccc1=O. The molecule has 3 rings (SSSR count). The zero-order valence-corrected chi connectivity index (χ0v) is 14.3. The summed E-state index contributed by atoms with van der Waals surface area (Å²) in [6.07, 6.45) is 3.39. The van der Waals surface area contributed by atoms with Crippen LogP contribution in [0.3, 0.4) is 0 Å². The molecule has 7 nitrogen and oxygen atoms in total. The molecule has 132 valence electrons. The van der Waals surface area contributed by atoms with Gasteiger partial charge in [0.25, 0.3) is 11.5 Å². The molecule has 25 heavy (non-hydrogen) atoms. The van der Waals surface area contributed by atoms with Gasteiger partial charge < -0.3 is 19.1 Å². The van der Waals surface area contributed by atoms with Gasteiger partial charge in [0.15, 0.2) is 0 Å². The topological polar surface area (TPSA) is 67.7 Å². The van der Waals surface area contributed by atoms with Crippen LogP contribution in [0.5, 0.6) is 0 Å². The minimum absolute atomic E-state index is 0.0492. The van der Waals surface area contributed by atoms with Crippen LogP contribution in [0.1, 0.15) is 10.4 Å². The molecule has 7 heteroatoms. The molecule has 0 atom stereocenters. The summed E-state index contributed by atoms with van der Waals surface area (Å²) in [5.74, 6) is 0.884. The van der Waals surface area contributed by atoms with Crippen molar-refractivity contribution < 1.29 is 9.53 Å². The summed E-state index contributed by atoms with van der Waals surface area (Å²) in [6.45, 7) is 3.61. The fourth-order valence-corrected chi connectivity index (χ4v) is 2.88. The third-order valence-electron chi connectivity index (χ3n) is 4.31. The lowest BCUT2D eigenvalue weighted by molar-refractivity contribution is 0.0745. The van der Waals surface area contributed by atoms with E-state index in [1.807, 2.05) is 23.1 Å². The Labute approximate surface area is 146 Å². The number of ether oxygens (including phenoxy) is 1. The van der Waals surface area contributed by atoms with E-state index in [0.717, 1.165) is 18.9 Å². The summed E-state index contributed by atoms with van der Waals surface area (Å²) >= 11 is 0. The maximum atomic E-state index is 12.7. The molecule has 0 saturated carbocycles. The Kier molecular flexibility index (Phi) is 5.45. The minimum Gasteiger partial charge on any atom is -0.383 e. The van der Waals surface area contributed by atoms with Crippen molar-refractivity contribution in [3.05, 3.63) is 58.6 Å². The van der Waals surface area contributed by atoms with Gasteiger partial charge in [-0.2, -0.15) is 0 Å². The lowest BCUT2D eigenvalue weighted by Crippen LogP contribution is -2.49. The summed E-state index contributed by atoms with van der Waals surface area (Å²) in [7, 11) is 1.58. The summed E-state index contributed by atoms with van der Waals surface area (Å²) in [5, 5.41) is 0. The second kappa shape index (κ2) is 7.94. The van der Waals surface area contributed by atoms with Crippen LogP contribution in [0.4, 0.5) is 5.82 Å². The van der Waals surface area contributed by atoms with Crippen molar-refractivity contribution in [2.45, 2.75) is 6.54 Å². The first-order chi connectivity index (χ1) is 12.2. The smallest absolute Gasteiger partial charge is 0.255 e. The fourth-order valence-electron chi connectivity index (χ4n) is 2.88. The van der Waals surface area contributed by atoms with E-state index < -0.39 is 0 Å². The monoisotopic (exact) mass is 342 g/mol. The Bertz CT molecular complexity index is 767.